The highest BCUT2D eigenvalue weighted by atomic mass is 16.2. The van der Waals surface area contributed by atoms with Crippen LogP contribution in [0.5, 0.6) is 0 Å². The van der Waals surface area contributed by atoms with Gasteiger partial charge in [-0.3, -0.25) is 9.69 Å². The van der Waals surface area contributed by atoms with Crippen LogP contribution < -0.4 is 5.73 Å². The molecule has 1 heterocycles. The first-order valence-electron chi connectivity index (χ1n) is 5.80. The topological polar surface area (TPSA) is 49.6 Å². The zero-order valence-corrected chi connectivity index (χ0v) is 9.91. The summed E-state index contributed by atoms with van der Waals surface area (Å²) in [6.07, 6.45) is 2.40. The van der Waals surface area contributed by atoms with E-state index in [4.69, 9.17) is 5.73 Å². The first kappa shape index (κ1) is 12.5. The molecule has 0 aromatic rings. The van der Waals surface area contributed by atoms with Crippen LogP contribution in [0.1, 0.15) is 19.8 Å². The van der Waals surface area contributed by atoms with Crippen LogP contribution in [-0.2, 0) is 4.79 Å². The Labute approximate surface area is 92.4 Å². The quantitative estimate of drug-likeness (QED) is 0.722. The number of carbonyl (C=O) groups excluding carboxylic acids is 1. The van der Waals surface area contributed by atoms with E-state index in [2.05, 4.69) is 6.92 Å². The van der Waals surface area contributed by atoms with Crippen LogP contribution in [0.4, 0.5) is 0 Å². The predicted octanol–water partition coefficient (Wildman–Crippen LogP) is 0.135. The average Bonchev–Trinajstić information content (AvgIpc) is 2.18. The third-order valence-corrected chi connectivity index (χ3v) is 2.93. The van der Waals surface area contributed by atoms with Gasteiger partial charge in [-0.05, 0) is 25.8 Å². The summed E-state index contributed by atoms with van der Waals surface area (Å²) in [7, 11) is 1.94. The number of piperidine rings is 1. The Morgan fingerprint density at radius 2 is 2.33 bits per heavy atom. The summed E-state index contributed by atoms with van der Waals surface area (Å²) in [4.78, 5) is 15.8. The van der Waals surface area contributed by atoms with E-state index in [1.807, 2.05) is 16.8 Å². The van der Waals surface area contributed by atoms with E-state index in [9.17, 15) is 4.79 Å². The van der Waals surface area contributed by atoms with Crippen LogP contribution in [0, 0.1) is 5.92 Å². The van der Waals surface area contributed by atoms with Crippen LogP contribution in [0.25, 0.3) is 0 Å². The summed E-state index contributed by atoms with van der Waals surface area (Å²) >= 11 is 0. The Kier molecular flexibility index (Phi) is 5.05. The van der Waals surface area contributed by atoms with Crippen molar-refractivity contribution in [3.63, 3.8) is 0 Å². The fourth-order valence-electron chi connectivity index (χ4n) is 2.05. The zero-order valence-electron chi connectivity index (χ0n) is 9.91. The Morgan fingerprint density at radius 3 is 2.93 bits per heavy atom. The van der Waals surface area contributed by atoms with Gasteiger partial charge in [-0.2, -0.15) is 0 Å². The molecule has 0 bridgehead atoms. The van der Waals surface area contributed by atoms with Crippen molar-refractivity contribution >= 4 is 5.91 Å². The van der Waals surface area contributed by atoms with Crippen molar-refractivity contribution in [2.45, 2.75) is 19.8 Å². The molecule has 0 aromatic carbocycles. The van der Waals surface area contributed by atoms with Gasteiger partial charge in [-0.25, -0.2) is 0 Å². The van der Waals surface area contributed by atoms with E-state index >= 15 is 0 Å². The number of rotatable bonds is 4. The molecule has 1 aliphatic rings. The number of amides is 1. The van der Waals surface area contributed by atoms with Crippen molar-refractivity contribution in [1.29, 1.82) is 0 Å². The molecule has 4 heteroatoms. The lowest BCUT2D eigenvalue weighted by atomic mass is 10.0. The molecule has 1 unspecified atom stereocenters. The minimum atomic E-state index is 0.248. The van der Waals surface area contributed by atoms with Gasteiger partial charge in [0.2, 0.25) is 5.91 Å². The molecule has 1 saturated heterocycles. The van der Waals surface area contributed by atoms with Gasteiger partial charge in [0, 0.05) is 26.2 Å². The molecule has 0 saturated carbocycles. The molecular formula is C11H23N3O. The largest absolute Gasteiger partial charge is 0.341 e. The molecular weight excluding hydrogens is 190 g/mol. The second-order valence-electron chi connectivity index (χ2n) is 4.61. The van der Waals surface area contributed by atoms with Crippen molar-refractivity contribution in [1.82, 2.24) is 9.80 Å². The predicted molar refractivity (Wildman–Crippen MR) is 61.5 cm³/mol. The summed E-state index contributed by atoms with van der Waals surface area (Å²) in [5, 5.41) is 0. The van der Waals surface area contributed by atoms with Gasteiger partial charge in [0.1, 0.15) is 0 Å². The van der Waals surface area contributed by atoms with Crippen molar-refractivity contribution in [2.24, 2.45) is 11.7 Å². The van der Waals surface area contributed by atoms with Crippen LogP contribution in [0.15, 0.2) is 0 Å². The van der Waals surface area contributed by atoms with Gasteiger partial charge >= 0.3 is 0 Å². The lowest BCUT2D eigenvalue weighted by molar-refractivity contribution is -0.133. The molecule has 0 radical (unpaired) electrons. The Bertz CT molecular complexity index is 208. The Hall–Kier alpha value is -0.610. The lowest BCUT2D eigenvalue weighted by Crippen LogP contribution is -2.44. The first-order valence-corrected chi connectivity index (χ1v) is 5.80. The van der Waals surface area contributed by atoms with E-state index in [1.165, 1.54) is 6.42 Å². The molecule has 1 fully saturated rings. The summed E-state index contributed by atoms with van der Waals surface area (Å²) in [5.41, 5.74) is 5.44. The summed E-state index contributed by atoms with van der Waals surface area (Å²) in [6.45, 7) is 5.97. The number of likely N-dealkylation sites (N-methyl/N-ethyl adjacent to an activating group) is 1. The third kappa shape index (κ3) is 4.18. The van der Waals surface area contributed by atoms with Crippen molar-refractivity contribution in [3.8, 4) is 0 Å². The van der Waals surface area contributed by atoms with E-state index in [0.29, 0.717) is 19.0 Å². The molecule has 1 aliphatic heterocycles. The monoisotopic (exact) mass is 213 g/mol. The molecule has 1 amide bonds. The van der Waals surface area contributed by atoms with E-state index < -0.39 is 0 Å². The van der Waals surface area contributed by atoms with Crippen molar-refractivity contribution < 1.29 is 4.79 Å². The van der Waals surface area contributed by atoms with Gasteiger partial charge in [-0.1, -0.05) is 6.92 Å². The number of nitrogens with two attached hydrogens (primary N) is 1. The molecule has 88 valence electrons. The van der Waals surface area contributed by atoms with Crippen LogP contribution in [-0.4, -0.2) is 55.5 Å². The molecule has 2 N–H and O–H groups in total. The van der Waals surface area contributed by atoms with Gasteiger partial charge < -0.3 is 10.6 Å². The molecule has 0 aliphatic carbocycles. The third-order valence-electron chi connectivity index (χ3n) is 2.93. The van der Waals surface area contributed by atoms with Crippen LogP contribution in [0.3, 0.4) is 0 Å². The number of nitrogens with zero attached hydrogens (tertiary/aromatic N) is 2. The number of hydrogen-bond acceptors (Lipinski definition) is 3. The normalized spacial score (nSPS) is 22.1. The molecule has 1 rings (SSSR count). The average molecular weight is 213 g/mol. The second kappa shape index (κ2) is 6.08. The van der Waals surface area contributed by atoms with Gasteiger partial charge in [0.05, 0.1) is 6.54 Å². The highest BCUT2D eigenvalue weighted by molar-refractivity contribution is 5.78. The van der Waals surface area contributed by atoms with Crippen molar-refractivity contribution in [2.75, 3.05) is 39.8 Å². The lowest BCUT2D eigenvalue weighted by Gasteiger charge is -2.32. The van der Waals surface area contributed by atoms with Gasteiger partial charge in [-0.15, -0.1) is 0 Å². The molecule has 1 atom stereocenters. The van der Waals surface area contributed by atoms with E-state index in [0.717, 1.165) is 26.1 Å². The molecule has 4 nitrogen and oxygen atoms in total. The van der Waals surface area contributed by atoms with E-state index in [1.54, 1.807) is 0 Å². The summed E-state index contributed by atoms with van der Waals surface area (Å²) < 4.78 is 0. The van der Waals surface area contributed by atoms with Crippen LogP contribution in [0.2, 0.25) is 0 Å². The summed E-state index contributed by atoms with van der Waals surface area (Å²) in [6, 6.07) is 0. The number of hydrogen-bond donors (Lipinski definition) is 1. The fraction of sp³-hybridized carbons (Fsp3) is 0.909. The highest BCUT2D eigenvalue weighted by Gasteiger charge is 2.21. The Morgan fingerprint density at radius 1 is 1.60 bits per heavy atom. The molecule has 15 heavy (non-hydrogen) atoms. The minimum absolute atomic E-state index is 0.248. The Balaban J connectivity index is 2.32. The standard InChI is InChI=1S/C11H23N3O/c1-10-4-3-6-14(8-10)11(15)9-13(2)7-5-12/h10H,3-9,12H2,1-2H3. The second-order valence-corrected chi connectivity index (χ2v) is 4.61. The zero-order chi connectivity index (χ0) is 11.3. The molecule has 0 spiro atoms. The fourth-order valence-corrected chi connectivity index (χ4v) is 2.05. The number of likely N-dealkylation sites (tertiary alicyclic amines) is 1. The molecule has 0 aromatic heterocycles. The smallest absolute Gasteiger partial charge is 0.236 e. The minimum Gasteiger partial charge on any atom is -0.341 e. The maximum atomic E-state index is 11.9. The maximum absolute atomic E-state index is 11.9. The summed E-state index contributed by atoms with van der Waals surface area (Å²) in [5.74, 6) is 0.903. The number of carbonyl (C=O) groups is 1. The maximum Gasteiger partial charge on any atom is 0.236 e. The highest BCUT2D eigenvalue weighted by Crippen LogP contribution is 2.15. The van der Waals surface area contributed by atoms with Crippen LogP contribution >= 0.6 is 0 Å². The first-order chi connectivity index (χ1) is 7.13. The van der Waals surface area contributed by atoms with E-state index in [-0.39, 0.29) is 5.91 Å². The van der Waals surface area contributed by atoms with Crippen molar-refractivity contribution in [3.05, 3.63) is 0 Å². The van der Waals surface area contributed by atoms with Gasteiger partial charge in [0.25, 0.3) is 0 Å². The SMILES string of the molecule is CC1CCCN(C(=O)CN(C)CCN)C1. The van der Waals surface area contributed by atoms with Gasteiger partial charge in [0.15, 0.2) is 0 Å².